The third-order valence-electron chi connectivity index (χ3n) is 4.00. The Morgan fingerprint density at radius 3 is 2.77 bits per heavy atom. The van der Waals surface area contributed by atoms with E-state index >= 15 is 0 Å². The van der Waals surface area contributed by atoms with Gasteiger partial charge in [-0.05, 0) is 42.7 Å². The summed E-state index contributed by atoms with van der Waals surface area (Å²) in [5, 5.41) is 9.07. The van der Waals surface area contributed by atoms with Crippen molar-refractivity contribution < 1.29 is 13.2 Å². The molecule has 2 aromatic rings. The minimum Gasteiger partial charge on any atom is -0.349 e. The number of hydrogen-bond donors (Lipinski definition) is 2. The van der Waals surface area contributed by atoms with E-state index in [1.165, 1.54) is 16.9 Å². The molecule has 5 nitrogen and oxygen atoms in total. The van der Waals surface area contributed by atoms with Gasteiger partial charge in [-0.15, -0.1) is 11.3 Å². The molecule has 0 saturated heterocycles. The highest BCUT2D eigenvalue weighted by Gasteiger charge is 2.33. The summed E-state index contributed by atoms with van der Waals surface area (Å²) in [6.45, 7) is 2.03. The van der Waals surface area contributed by atoms with Gasteiger partial charge in [-0.25, -0.2) is 13.6 Å². The van der Waals surface area contributed by atoms with Crippen LogP contribution in [-0.2, 0) is 10.0 Å². The summed E-state index contributed by atoms with van der Waals surface area (Å²) in [6, 6.07) is 7.97. The van der Waals surface area contributed by atoms with Gasteiger partial charge in [0.15, 0.2) is 0 Å². The van der Waals surface area contributed by atoms with Crippen LogP contribution in [0.4, 0.5) is 0 Å². The molecule has 0 bridgehead atoms. The van der Waals surface area contributed by atoms with Gasteiger partial charge in [0, 0.05) is 10.7 Å². The number of amides is 1. The average molecular weight is 338 g/mol. The molecule has 1 aliphatic carbocycles. The second-order valence-corrected chi connectivity index (χ2v) is 8.65. The van der Waals surface area contributed by atoms with Crippen molar-refractivity contribution in [3.05, 3.63) is 34.7 Å². The van der Waals surface area contributed by atoms with Crippen molar-refractivity contribution in [2.45, 2.75) is 25.8 Å². The Hall–Kier alpha value is -1.44. The number of primary sulfonamides is 1. The van der Waals surface area contributed by atoms with E-state index in [2.05, 4.69) is 5.32 Å². The normalized spacial score (nSPS) is 21.5. The van der Waals surface area contributed by atoms with Crippen molar-refractivity contribution in [2.75, 3.05) is 5.75 Å². The third-order valence-corrected chi connectivity index (χ3v) is 6.22. The molecule has 118 valence electrons. The lowest BCUT2D eigenvalue weighted by atomic mass is 9.81. The van der Waals surface area contributed by atoms with E-state index in [1.54, 1.807) is 0 Å². The van der Waals surface area contributed by atoms with Crippen LogP contribution < -0.4 is 10.5 Å². The number of thiophene rings is 1. The maximum absolute atomic E-state index is 12.3. The molecule has 22 heavy (non-hydrogen) atoms. The second kappa shape index (κ2) is 5.64. The Balaban J connectivity index is 1.62. The maximum atomic E-state index is 12.3. The molecule has 7 heteroatoms. The zero-order valence-corrected chi connectivity index (χ0v) is 13.8. The Morgan fingerprint density at radius 1 is 1.41 bits per heavy atom. The van der Waals surface area contributed by atoms with Crippen molar-refractivity contribution in [1.82, 2.24) is 5.32 Å². The summed E-state index contributed by atoms with van der Waals surface area (Å²) >= 11 is 1.49. The van der Waals surface area contributed by atoms with Crippen LogP contribution in [0.25, 0.3) is 10.1 Å². The topological polar surface area (TPSA) is 89.3 Å². The fraction of sp³-hybridized carbons (Fsp3) is 0.400. The van der Waals surface area contributed by atoms with Crippen molar-refractivity contribution in [1.29, 1.82) is 0 Å². The number of nitrogens with one attached hydrogen (secondary N) is 1. The fourth-order valence-electron chi connectivity index (χ4n) is 2.90. The number of hydrogen-bond acceptors (Lipinski definition) is 4. The standard InChI is InChI=1S/C15H18N2O3S2/c1-9-3-2-4-11-7-13(21-14(9)11)15(18)17-12-5-10(6-12)8-22(16,19)20/h2-4,7,10,12H,5-6,8H2,1H3,(H,17,18)(H2,16,19,20). The molecule has 0 unspecified atom stereocenters. The number of benzene rings is 1. The van der Waals surface area contributed by atoms with Crippen LogP contribution in [0.1, 0.15) is 28.1 Å². The van der Waals surface area contributed by atoms with Gasteiger partial charge in [-0.3, -0.25) is 4.79 Å². The molecule has 0 aliphatic heterocycles. The monoisotopic (exact) mass is 338 g/mol. The van der Waals surface area contributed by atoms with Crippen LogP contribution in [0, 0.1) is 12.8 Å². The zero-order valence-electron chi connectivity index (χ0n) is 12.2. The third kappa shape index (κ3) is 3.31. The fourth-order valence-corrected chi connectivity index (χ4v) is 4.86. The first-order valence-corrected chi connectivity index (χ1v) is 9.65. The molecule has 1 amide bonds. The van der Waals surface area contributed by atoms with E-state index in [-0.39, 0.29) is 23.6 Å². The van der Waals surface area contributed by atoms with Gasteiger partial charge in [-0.1, -0.05) is 18.2 Å². The molecule has 3 N–H and O–H groups in total. The summed E-state index contributed by atoms with van der Waals surface area (Å²) in [5.74, 6) is -0.0221. The number of carbonyl (C=O) groups is 1. The van der Waals surface area contributed by atoms with E-state index in [0.717, 1.165) is 10.1 Å². The quantitative estimate of drug-likeness (QED) is 0.893. The van der Waals surface area contributed by atoms with Crippen LogP contribution >= 0.6 is 11.3 Å². The van der Waals surface area contributed by atoms with Gasteiger partial charge >= 0.3 is 0 Å². The maximum Gasteiger partial charge on any atom is 0.261 e. The number of fused-ring (bicyclic) bond motifs is 1. The predicted molar refractivity (Wildman–Crippen MR) is 88.5 cm³/mol. The summed E-state index contributed by atoms with van der Waals surface area (Å²) in [6.07, 6.45) is 1.35. The SMILES string of the molecule is Cc1cccc2cc(C(=O)NC3CC(CS(N)(=O)=O)C3)sc12. The lowest BCUT2D eigenvalue weighted by Gasteiger charge is -2.35. The van der Waals surface area contributed by atoms with Gasteiger partial charge in [-0.2, -0.15) is 0 Å². The highest BCUT2D eigenvalue weighted by Crippen LogP contribution is 2.31. The van der Waals surface area contributed by atoms with Crippen molar-refractivity contribution in [3.63, 3.8) is 0 Å². The Labute approximate surface area is 133 Å². The highest BCUT2D eigenvalue weighted by molar-refractivity contribution is 7.89. The van der Waals surface area contributed by atoms with Gasteiger partial charge in [0.1, 0.15) is 0 Å². The van der Waals surface area contributed by atoms with Crippen LogP contribution in [0.5, 0.6) is 0 Å². The zero-order chi connectivity index (χ0) is 15.9. The highest BCUT2D eigenvalue weighted by atomic mass is 32.2. The lowest BCUT2D eigenvalue weighted by molar-refractivity contribution is 0.0901. The molecule has 0 spiro atoms. The van der Waals surface area contributed by atoms with Crippen LogP contribution in [0.3, 0.4) is 0 Å². The summed E-state index contributed by atoms with van der Waals surface area (Å²) in [4.78, 5) is 13.0. The smallest absolute Gasteiger partial charge is 0.261 e. The number of nitrogens with two attached hydrogens (primary N) is 1. The van der Waals surface area contributed by atoms with Crippen molar-refractivity contribution in [3.8, 4) is 0 Å². The molecule has 1 aromatic carbocycles. The predicted octanol–water partition coefficient (Wildman–Crippen LogP) is 2.01. The van der Waals surface area contributed by atoms with Gasteiger partial charge < -0.3 is 5.32 Å². The molecule has 0 radical (unpaired) electrons. The van der Waals surface area contributed by atoms with Gasteiger partial charge in [0.25, 0.3) is 5.91 Å². The first-order valence-electron chi connectivity index (χ1n) is 7.12. The largest absolute Gasteiger partial charge is 0.349 e. The van der Waals surface area contributed by atoms with E-state index in [4.69, 9.17) is 5.14 Å². The number of aryl methyl sites for hydroxylation is 1. The van der Waals surface area contributed by atoms with E-state index in [1.807, 2.05) is 31.2 Å². The molecule has 1 aromatic heterocycles. The van der Waals surface area contributed by atoms with Gasteiger partial charge in [0.2, 0.25) is 10.0 Å². The van der Waals surface area contributed by atoms with Crippen LogP contribution in [0.15, 0.2) is 24.3 Å². The number of carbonyl (C=O) groups excluding carboxylic acids is 1. The molecule has 1 aliphatic rings. The van der Waals surface area contributed by atoms with Crippen LogP contribution in [-0.4, -0.2) is 26.1 Å². The minimum atomic E-state index is -3.42. The molecule has 3 rings (SSSR count). The van der Waals surface area contributed by atoms with Crippen LogP contribution in [0.2, 0.25) is 0 Å². The summed E-state index contributed by atoms with van der Waals surface area (Å²) in [7, 11) is -3.42. The molecule has 1 heterocycles. The summed E-state index contributed by atoms with van der Waals surface area (Å²) < 4.78 is 23.1. The molecular weight excluding hydrogens is 320 g/mol. The van der Waals surface area contributed by atoms with E-state index in [9.17, 15) is 13.2 Å². The number of sulfonamides is 1. The van der Waals surface area contributed by atoms with E-state index < -0.39 is 10.0 Å². The molecule has 0 atom stereocenters. The van der Waals surface area contributed by atoms with Crippen molar-refractivity contribution >= 4 is 37.4 Å². The molecule has 1 fully saturated rings. The summed E-state index contributed by atoms with van der Waals surface area (Å²) in [5.41, 5.74) is 1.17. The lowest BCUT2D eigenvalue weighted by Crippen LogP contribution is -2.46. The van der Waals surface area contributed by atoms with E-state index in [0.29, 0.717) is 17.7 Å². The van der Waals surface area contributed by atoms with Gasteiger partial charge in [0.05, 0.1) is 10.6 Å². The average Bonchev–Trinajstić information content (AvgIpc) is 2.80. The molecular formula is C15H18N2O3S2. The Bertz CT molecular complexity index is 820. The number of rotatable bonds is 4. The first kappa shape index (κ1) is 15.5. The Kier molecular flexibility index (Phi) is 3.96. The molecule has 1 saturated carbocycles. The minimum absolute atomic E-state index is 0.00144. The first-order chi connectivity index (χ1) is 10.3. The van der Waals surface area contributed by atoms with Crippen molar-refractivity contribution in [2.24, 2.45) is 11.1 Å². The second-order valence-electron chi connectivity index (χ2n) is 5.94. The Morgan fingerprint density at radius 2 is 2.14 bits per heavy atom.